The van der Waals surface area contributed by atoms with Crippen molar-refractivity contribution in [1.82, 2.24) is 10.6 Å². The lowest BCUT2D eigenvalue weighted by Crippen LogP contribution is -2.38. The van der Waals surface area contributed by atoms with Crippen LogP contribution in [0.2, 0.25) is 5.02 Å². The van der Waals surface area contributed by atoms with Crippen LogP contribution in [0.15, 0.2) is 23.2 Å². The first-order valence-corrected chi connectivity index (χ1v) is 11.7. The van der Waals surface area contributed by atoms with E-state index in [0.29, 0.717) is 11.8 Å². The molecule has 1 aromatic rings. The Hall–Kier alpha value is -0.770. The topological polar surface area (TPSA) is 58.1 Å². The molecule has 2 fully saturated rings. The Balaban J connectivity index is 0.00000341. The summed E-state index contributed by atoms with van der Waals surface area (Å²) in [5.41, 5.74) is 2.53. The van der Waals surface area contributed by atoms with Gasteiger partial charge in [-0.25, -0.2) is 0 Å². The van der Waals surface area contributed by atoms with Gasteiger partial charge in [0.25, 0.3) is 0 Å². The van der Waals surface area contributed by atoms with Crippen LogP contribution < -0.4 is 15.5 Å². The maximum absolute atomic E-state index is 6.20. The molecular weight excluding hydrogens is 527 g/mol. The van der Waals surface area contributed by atoms with Crippen LogP contribution in [0.1, 0.15) is 31.7 Å². The average Bonchev–Trinajstić information content (AvgIpc) is 3.42. The van der Waals surface area contributed by atoms with Gasteiger partial charge in [-0.05, 0) is 56.7 Å². The van der Waals surface area contributed by atoms with Gasteiger partial charge in [-0.15, -0.1) is 24.0 Å². The minimum atomic E-state index is 0. The Kier molecular flexibility index (Phi) is 12.3. The van der Waals surface area contributed by atoms with Gasteiger partial charge in [-0.1, -0.05) is 17.7 Å². The summed E-state index contributed by atoms with van der Waals surface area (Å²) < 4.78 is 11.2. The molecule has 2 heterocycles. The average molecular weight is 565 g/mol. The maximum Gasteiger partial charge on any atom is 0.191 e. The number of benzene rings is 1. The van der Waals surface area contributed by atoms with Crippen LogP contribution in [-0.2, 0) is 9.47 Å². The van der Waals surface area contributed by atoms with Crippen LogP contribution in [0.25, 0.3) is 0 Å². The molecule has 0 bridgehead atoms. The Labute approximate surface area is 209 Å². The monoisotopic (exact) mass is 564 g/mol. The predicted molar refractivity (Wildman–Crippen MR) is 140 cm³/mol. The summed E-state index contributed by atoms with van der Waals surface area (Å²) in [5.74, 6) is 2.05. The molecule has 0 spiro atoms. The van der Waals surface area contributed by atoms with Crippen LogP contribution in [0.5, 0.6) is 0 Å². The first-order chi connectivity index (χ1) is 14.7. The number of hydrogen-bond acceptors (Lipinski definition) is 4. The van der Waals surface area contributed by atoms with Crippen LogP contribution in [-0.4, -0.2) is 65.1 Å². The molecule has 3 rings (SSSR count). The molecule has 2 atom stereocenters. The largest absolute Gasteiger partial charge is 0.381 e. The highest BCUT2D eigenvalue weighted by Crippen LogP contribution is 2.29. The molecule has 2 unspecified atom stereocenters. The van der Waals surface area contributed by atoms with Crippen molar-refractivity contribution in [2.45, 2.75) is 33.1 Å². The second kappa shape index (κ2) is 14.4. The van der Waals surface area contributed by atoms with E-state index in [2.05, 4.69) is 41.5 Å². The quantitative estimate of drug-likeness (QED) is 0.194. The number of aliphatic imine (C=N–C) groups is 1. The van der Waals surface area contributed by atoms with Gasteiger partial charge >= 0.3 is 0 Å². The van der Waals surface area contributed by atoms with Crippen LogP contribution >= 0.6 is 35.6 Å². The van der Waals surface area contributed by atoms with Crippen molar-refractivity contribution < 1.29 is 9.47 Å². The SMILES string of the molecule is CCNC(=NCC1CCN(c2cc(Cl)ccc2C)C1)NCCCOCC1CCOC1.I. The third-order valence-electron chi connectivity index (χ3n) is 5.78. The van der Waals surface area contributed by atoms with Gasteiger partial charge in [-0.3, -0.25) is 4.99 Å². The van der Waals surface area contributed by atoms with Crippen molar-refractivity contribution in [3.63, 3.8) is 0 Å². The maximum atomic E-state index is 6.20. The van der Waals surface area contributed by atoms with Crippen molar-refractivity contribution in [2.75, 3.05) is 64.1 Å². The fourth-order valence-corrected chi connectivity index (χ4v) is 4.20. The van der Waals surface area contributed by atoms with E-state index in [9.17, 15) is 0 Å². The zero-order chi connectivity index (χ0) is 21.2. The van der Waals surface area contributed by atoms with Gasteiger partial charge in [0, 0.05) is 62.6 Å². The summed E-state index contributed by atoms with van der Waals surface area (Å²) in [6.07, 6.45) is 3.27. The normalized spacial score (nSPS) is 21.3. The molecular formula is C23H38ClIN4O2. The molecule has 2 aliphatic heterocycles. The number of halogens is 2. The lowest BCUT2D eigenvalue weighted by Gasteiger charge is -2.21. The van der Waals surface area contributed by atoms with E-state index in [0.717, 1.165) is 89.4 Å². The van der Waals surface area contributed by atoms with Gasteiger partial charge in [-0.2, -0.15) is 0 Å². The van der Waals surface area contributed by atoms with Crippen molar-refractivity contribution in [2.24, 2.45) is 16.8 Å². The number of ether oxygens (including phenoxy) is 2. The highest BCUT2D eigenvalue weighted by Gasteiger charge is 2.23. The van der Waals surface area contributed by atoms with E-state index < -0.39 is 0 Å². The zero-order valence-electron chi connectivity index (χ0n) is 18.9. The van der Waals surface area contributed by atoms with Crippen molar-refractivity contribution in [1.29, 1.82) is 0 Å². The standard InChI is InChI=1S/C23H37ClN4O2.HI/c1-3-25-23(26-9-4-11-29-16-20-8-12-30-17-20)27-14-19-7-10-28(15-19)22-13-21(24)6-5-18(22)2;/h5-6,13,19-20H,3-4,7-12,14-17H2,1-2H3,(H2,25,26,27);1H. The first kappa shape index (κ1) is 26.5. The number of hydrogen-bond donors (Lipinski definition) is 2. The Bertz CT molecular complexity index is 686. The molecule has 6 nitrogen and oxygen atoms in total. The molecule has 2 aliphatic rings. The van der Waals surface area contributed by atoms with Crippen LogP contribution in [0.4, 0.5) is 5.69 Å². The summed E-state index contributed by atoms with van der Waals surface area (Å²) in [7, 11) is 0. The number of aryl methyl sites for hydroxylation is 1. The highest BCUT2D eigenvalue weighted by molar-refractivity contribution is 14.0. The summed E-state index contributed by atoms with van der Waals surface area (Å²) >= 11 is 6.20. The molecule has 0 amide bonds. The number of guanidine groups is 1. The molecule has 0 saturated carbocycles. The third kappa shape index (κ3) is 8.94. The fraction of sp³-hybridized carbons (Fsp3) is 0.696. The Morgan fingerprint density at radius 3 is 2.94 bits per heavy atom. The van der Waals surface area contributed by atoms with Gasteiger partial charge in [0.1, 0.15) is 0 Å². The van der Waals surface area contributed by atoms with Crippen LogP contribution in [0.3, 0.4) is 0 Å². The minimum absolute atomic E-state index is 0. The Morgan fingerprint density at radius 2 is 2.16 bits per heavy atom. The van der Waals surface area contributed by atoms with Gasteiger partial charge in [0.2, 0.25) is 0 Å². The first-order valence-electron chi connectivity index (χ1n) is 11.3. The van der Waals surface area contributed by atoms with E-state index in [4.69, 9.17) is 26.1 Å². The molecule has 176 valence electrons. The van der Waals surface area contributed by atoms with E-state index in [1.165, 1.54) is 11.3 Å². The second-order valence-electron chi connectivity index (χ2n) is 8.34. The molecule has 2 saturated heterocycles. The highest BCUT2D eigenvalue weighted by atomic mass is 127. The molecule has 0 aliphatic carbocycles. The van der Waals surface area contributed by atoms with Crippen molar-refractivity contribution >= 4 is 47.2 Å². The summed E-state index contributed by atoms with van der Waals surface area (Å²) in [5, 5.41) is 7.59. The van der Waals surface area contributed by atoms with Gasteiger partial charge < -0.3 is 25.0 Å². The van der Waals surface area contributed by atoms with Gasteiger partial charge in [0.05, 0.1) is 13.2 Å². The second-order valence-corrected chi connectivity index (χ2v) is 8.77. The molecule has 8 heteroatoms. The molecule has 2 N–H and O–H groups in total. The minimum Gasteiger partial charge on any atom is -0.381 e. The number of nitrogens with one attached hydrogen (secondary N) is 2. The van der Waals surface area contributed by atoms with Crippen molar-refractivity contribution in [3.05, 3.63) is 28.8 Å². The Morgan fingerprint density at radius 1 is 1.29 bits per heavy atom. The van der Waals surface area contributed by atoms with Crippen LogP contribution in [0, 0.1) is 18.8 Å². The lowest BCUT2D eigenvalue weighted by atomic mass is 10.1. The summed E-state index contributed by atoms with van der Waals surface area (Å²) in [4.78, 5) is 7.27. The smallest absolute Gasteiger partial charge is 0.191 e. The summed E-state index contributed by atoms with van der Waals surface area (Å²) in [6.45, 7) is 12.2. The lowest BCUT2D eigenvalue weighted by molar-refractivity contribution is 0.0888. The van der Waals surface area contributed by atoms with E-state index in [1.807, 2.05) is 6.07 Å². The number of anilines is 1. The van der Waals surface area contributed by atoms with E-state index in [1.54, 1.807) is 0 Å². The number of nitrogens with zero attached hydrogens (tertiary/aromatic N) is 2. The van der Waals surface area contributed by atoms with E-state index >= 15 is 0 Å². The fourth-order valence-electron chi connectivity index (χ4n) is 4.03. The third-order valence-corrected chi connectivity index (χ3v) is 6.02. The zero-order valence-corrected chi connectivity index (χ0v) is 22.0. The molecule has 31 heavy (non-hydrogen) atoms. The molecule has 0 aromatic heterocycles. The summed E-state index contributed by atoms with van der Waals surface area (Å²) in [6, 6.07) is 6.14. The number of rotatable bonds is 10. The predicted octanol–water partition coefficient (Wildman–Crippen LogP) is 4.09. The molecule has 0 radical (unpaired) electrons. The van der Waals surface area contributed by atoms with Gasteiger partial charge in [0.15, 0.2) is 5.96 Å². The van der Waals surface area contributed by atoms with Crippen molar-refractivity contribution in [3.8, 4) is 0 Å². The van der Waals surface area contributed by atoms with E-state index in [-0.39, 0.29) is 24.0 Å². The molecule has 1 aromatic carbocycles.